The van der Waals surface area contributed by atoms with E-state index >= 15 is 0 Å². The van der Waals surface area contributed by atoms with Crippen LogP contribution in [0.5, 0.6) is 11.5 Å². The van der Waals surface area contributed by atoms with Gasteiger partial charge in [-0.1, -0.05) is 6.07 Å². The summed E-state index contributed by atoms with van der Waals surface area (Å²) in [5.74, 6) is 0.224. The highest BCUT2D eigenvalue weighted by Crippen LogP contribution is 2.32. The lowest BCUT2D eigenvalue weighted by Gasteiger charge is -2.32. The first kappa shape index (κ1) is 13.1. The van der Waals surface area contributed by atoms with Crippen molar-refractivity contribution in [1.82, 2.24) is 4.90 Å². The van der Waals surface area contributed by atoms with Crippen LogP contribution in [-0.4, -0.2) is 41.4 Å². The first-order valence-electron chi connectivity index (χ1n) is 6.51. The molecule has 2 N–H and O–H groups in total. The topological polar surface area (TPSA) is 43.7 Å². The molecule has 18 heavy (non-hydrogen) atoms. The van der Waals surface area contributed by atoms with Gasteiger partial charge in [0.15, 0.2) is 11.5 Å². The lowest BCUT2D eigenvalue weighted by atomic mass is 9.90. The van der Waals surface area contributed by atoms with Gasteiger partial charge in [0.2, 0.25) is 0 Å². The predicted octanol–water partition coefficient (Wildman–Crippen LogP) is 2.64. The van der Waals surface area contributed by atoms with Gasteiger partial charge in [-0.2, -0.15) is 0 Å². The van der Waals surface area contributed by atoms with E-state index < -0.39 is 0 Å². The predicted molar refractivity (Wildman–Crippen MR) is 68.8 cm³/mol. The number of nitrogens with zero attached hydrogens (tertiary/aromatic N) is 1. The Morgan fingerprint density at radius 3 is 2.83 bits per heavy atom. The molecule has 1 saturated heterocycles. The molecule has 1 aliphatic heterocycles. The van der Waals surface area contributed by atoms with Gasteiger partial charge >= 0.3 is 0 Å². The molecule has 1 atom stereocenters. The van der Waals surface area contributed by atoms with Gasteiger partial charge in [-0.3, -0.25) is 4.39 Å². The fourth-order valence-electron chi connectivity index (χ4n) is 2.61. The van der Waals surface area contributed by atoms with E-state index in [-0.39, 0.29) is 18.2 Å². The van der Waals surface area contributed by atoms with Crippen molar-refractivity contribution >= 4 is 0 Å². The van der Waals surface area contributed by atoms with Crippen LogP contribution in [-0.2, 0) is 0 Å². The molecule has 1 heterocycles. The minimum atomic E-state index is -0.263. The minimum Gasteiger partial charge on any atom is -0.504 e. The van der Waals surface area contributed by atoms with Crippen LogP contribution in [0.2, 0.25) is 0 Å². The fourth-order valence-corrected chi connectivity index (χ4v) is 2.61. The summed E-state index contributed by atoms with van der Waals surface area (Å²) in [6, 6.07) is 5.03. The molecule has 1 fully saturated rings. The SMILES string of the molecule is Oc1ccc(C2CCCN(CCCF)C2)cc1O. The number of piperidine rings is 1. The number of hydrogen-bond acceptors (Lipinski definition) is 3. The van der Waals surface area contributed by atoms with E-state index in [9.17, 15) is 14.6 Å². The number of rotatable bonds is 4. The van der Waals surface area contributed by atoms with E-state index in [1.807, 2.05) is 6.07 Å². The minimum absolute atomic E-state index is 0.0617. The standard InChI is InChI=1S/C14H20FNO2/c15-6-2-8-16-7-1-3-12(10-16)11-4-5-13(17)14(18)9-11/h4-5,9,12,17-18H,1-3,6-8,10H2. The number of likely N-dealkylation sites (tertiary alicyclic amines) is 1. The van der Waals surface area contributed by atoms with Crippen molar-refractivity contribution in [3.05, 3.63) is 23.8 Å². The lowest BCUT2D eigenvalue weighted by Crippen LogP contribution is -2.35. The fraction of sp³-hybridized carbons (Fsp3) is 0.571. The second-order valence-electron chi connectivity index (χ2n) is 4.93. The zero-order chi connectivity index (χ0) is 13.0. The third-order valence-corrected chi connectivity index (χ3v) is 3.58. The molecule has 0 spiro atoms. The Balaban J connectivity index is 2.01. The summed E-state index contributed by atoms with van der Waals surface area (Å²) in [5.41, 5.74) is 1.05. The molecule has 100 valence electrons. The van der Waals surface area contributed by atoms with Crippen molar-refractivity contribution < 1.29 is 14.6 Å². The van der Waals surface area contributed by atoms with Crippen LogP contribution in [0.25, 0.3) is 0 Å². The molecule has 4 heteroatoms. The summed E-state index contributed by atoms with van der Waals surface area (Å²) in [6.07, 6.45) is 2.77. The van der Waals surface area contributed by atoms with Crippen molar-refractivity contribution in [2.45, 2.75) is 25.2 Å². The number of phenols is 2. The molecule has 0 aliphatic carbocycles. The number of aromatic hydroxyl groups is 2. The molecule has 0 saturated carbocycles. The Morgan fingerprint density at radius 2 is 2.11 bits per heavy atom. The molecule has 1 aromatic rings. The van der Waals surface area contributed by atoms with Crippen LogP contribution in [0.4, 0.5) is 4.39 Å². The third kappa shape index (κ3) is 3.13. The van der Waals surface area contributed by atoms with Gasteiger partial charge in [0.25, 0.3) is 0 Å². The zero-order valence-corrected chi connectivity index (χ0v) is 10.5. The van der Waals surface area contributed by atoms with Crippen LogP contribution in [0.15, 0.2) is 18.2 Å². The van der Waals surface area contributed by atoms with Crippen LogP contribution in [0.3, 0.4) is 0 Å². The largest absolute Gasteiger partial charge is 0.504 e. The van der Waals surface area contributed by atoms with E-state index in [4.69, 9.17) is 0 Å². The van der Waals surface area contributed by atoms with Crippen molar-refractivity contribution in [2.24, 2.45) is 0 Å². The number of hydrogen-bond donors (Lipinski definition) is 2. The van der Waals surface area contributed by atoms with Gasteiger partial charge in [0, 0.05) is 13.1 Å². The van der Waals surface area contributed by atoms with Crippen LogP contribution < -0.4 is 0 Å². The Morgan fingerprint density at radius 1 is 1.28 bits per heavy atom. The van der Waals surface area contributed by atoms with E-state index in [1.165, 1.54) is 6.07 Å². The van der Waals surface area contributed by atoms with Gasteiger partial charge in [0.1, 0.15) is 0 Å². The molecule has 2 rings (SSSR count). The lowest BCUT2D eigenvalue weighted by molar-refractivity contribution is 0.199. The average Bonchev–Trinajstić information content (AvgIpc) is 2.40. The normalized spacial score (nSPS) is 21.1. The maximum absolute atomic E-state index is 12.2. The molecule has 1 unspecified atom stereocenters. The Labute approximate surface area is 107 Å². The zero-order valence-electron chi connectivity index (χ0n) is 10.5. The monoisotopic (exact) mass is 253 g/mol. The maximum atomic E-state index is 12.2. The van der Waals surface area contributed by atoms with Crippen molar-refractivity contribution in [3.63, 3.8) is 0 Å². The van der Waals surface area contributed by atoms with Gasteiger partial charge in [-0.15, -0.1) is 0 Å². The average molecular weight is 253 g/mol. The summed E-state index contributed by atoms with van der Waals surface area (Å²) in [4.78, 5) is 2.28. The second-order valence-corrected chi connectivity index (χ2v) is 4.93. The quantitative estimate of drug-likeness (QED) is 0.811. The highest BCUT2D eigenvalue weighted by atomic mass is 19.1. The number of alkyl halides is 1. The highest BCUT2D eigenvalue weighted by Gasteiger charge is 2.21. The van der Waals surface area contributed by atoms with Gasteiger partial charge in [0.05, 0.1) is 6.67 Å². The van der Waals surface area contributed by atoms with E-state index in [0.29, 0.717) is 12.3 Å². The second kappa shape index (κ2) is 6.05. The third-order valence-electron chi connectivity index (χ3n) is 3.58. The summed E-state index contributed by atoms with van der Waals surface area (Å²) < 4.78 is 12.2. The molecule has 3 nitrogen and oxygen atoms in total. The molecule has 0 aromatic heterocycles. The molecular weight excluding hydrogens is 233 g/mol. The maximum Gasteiger partial charge on any atom is 0.157 e. The molecule has 1 aromatic carbocycles. The Bertz CT molecular complexity index is 397. The van der Waals surface area contributed by atoms with Gasteiger partial charge < -0.3 is 15.1 Å². The van der Waals surface area contributed by atoms with Crippen LogP contribution >= 0.6 is 0 Å². The van der Waals surface area contributed by atoms with Crippen LogP contribution in [0, 0.1) is 0 Å². The summed E-state index contributed by atoms with van der Waals surface area (Å²) >= 11 is 0. The Hall–Kier alpha value is -1.29. The number of benzene rings is 1. The van der Waals surface area contributed by atoms with E-state index in [2.05, 4.69) is 4.90 Å². The number of halogens is 1. The highest BCUT2D eigenvalue weighted by molar-refractivity contribution is 5.41. The number of phenolic OH excluding ortho intramolecular Hbond substituents is 2. The summed E-state index contributed by atoms with van der Waals surface area (Å²) in [5, 5.41) is 18.8. The van der Waals surface area contributed by atoms with Gasteiger partial charge in [-0.05, 0) is 49.4 Å². The van der Waals surface area contributed by atoms with Crippen molar-refractivity contribution in [1.29, 1.82) is 0 Å². The summed E-state index contributed by atoms with van der Waals surface area (Å²) in [7, 11) is 0. The first-order valence-corrected chi connectivity index (χ1v) is 6.51. The van der Waals surface area contributed by atoms with Crippen LogP contribution in [0.1, 0.15) is 30.7 Å². The first-order chi connectivity index (χ1) is 8.70. The molecule has 0 radical (unpaired) electrons. The Kier molecular flexibility index (Phi) is 4.42. The molecule has 0 bridgehead atoms. The molecular formula is C14H20FNO2. The van der Waals surface area contributed by atoms with Crippen molar-refractivity contribution in [2.75, 3.05) is 26.3 Å². The van der Waals surface area contributed by atoms with Gasteiger partial charge in [-0.25, -0.2) is 0 Å². The van der Waals surface area contributed by atoms with E-state index in [1.54, 1.807) is 6.07 Å². The molecule has 0 amide bonds. The van der Waals surface area contributed by atoms with E-state index in [0.717, 1.165) is 38.0 Å². The van der Waals surface area contributed by atoms with Crippen molar-refractivity contribution in [3.8, 4) is 11.5 Å². The smallest absolute Gasteiger partial charge is 0.157 e. The molecule has 1 aliphatic rings. The summed E-state index contributed by atoms with van der Waals surface area (Å²) in [6.45, 7) is 2.48.